The number of hydrogen-bond acceptors (Lipinski definition) is 1. The summed E-state index contributed by atoms with van der Waals surface area (Å²) in [5, 5.41) is 0. The van der Waals surface area contributed by atoms with Gasteiger partial charge in [-0.1, -0.05) is 12.1 Å². The molecule has 0 aromatic heterocycles. The molecule has 0 N–H and O–H groups in total. The van der Waals surface area contributed by atoms with Crippen molar-refractivity contribution in [2.24, 2.45) is 0 Å². The van der Waals surface area contributed by atoms with E-state index in [1.165, 1.54) is 6.92 Å². The first-order valence-electron chi connectivity index (χ1n) is 7.87. The van der Waals surface area contributed by atoms with E-state index < -0.39 is 46.5 Å². The second kappa shape index (κ2) is 7.18. The van der Waals surface area contributed by atoms with E-state index in [1.807, 2.05) is 0 Å². The Kier molecular flexibility index (Phi) is 5.06. The van der Waals surface area contributed by atoms with E-state index in [-0.39, 0.29) is 16.7 Å². The highest BCUT2D eigenvalue weighted by atomic mass is 19.3. The van der Waals surface area contributed by atoms with Crippen LogP contribution in [0.1, 0.15) is 11.1 Å². The highest BCUT2D eigenvalue weighted by Crippen LogP contribution is 2.36. The quantitative estimate of drug-likeness (QED) is 0.455. The minimum atomic E-state index is -4.28. The van der Waals surface area contributed by atoms with Crippen LogP contribution < -0.4 is 4.74 Å². The van der Waals surface area contributed by atoms with Crippen molar-refractivity contribution in [1.29, 1.82) is 0 Å². The summed E-state index contributed by atoms with van der Waals surface area (Å²) >= 11 is 0. The minimum absolute atomic E-state index is 0.0265. The molecule has 8 heteroatoms. The number of rotatable bonds is 4. The molecule has 0 aliphatic heterocycles. The van der Waals surface area contributed by atoms with Gasteiger partial charge in [0.05, 0.1) is 0 Å². The normalized spacial score (nSPS) is 11.6. The number of benzene rings is 3. The molecule has 0 radical (unpaired) electrons. The third-order valence-corrected chi connectivity index (χ3v) is 4.01. The van der Waals surface area contributed by atoms with Crippen LogP contribution >= 0.6 is 0 Å². The van der Waals surface area contributed by atoms with Crippen molar-refractivity contribution in [3.8, 4) is 16.9 Å². The van der Waals surface area contributed by atoms with Gasteiger partial charge < -0.3 is 4.74 Å². The molecule has 0 saturated carbocycles. The average Bonchev–Trinajstić information content (AvgIpc) is 2.62. The first-order chi connectivity index (χ1) is 13.1. The Morgan fingerprint density at radius 2 is 1.43 bits per heavy atom. The molecule has 0 heterocycles. The van der Waals surface area contributed by atoms with Gasteiger partial charge in [0, 0.05) is 11.6 Å². The third-order valence-electron chi connectivity index (χ3n) is 4.01. The zero-order valence-corrected chi connectivity index (χ0v) is 14.2. The smallest absolute Gasteiger partial charge is 0.429 e. The van der Waals surface area contributed by atoms with Crippen molar-refractivity contribution in [2.45, 2.75) is 13.0 Å². The minimum Gasteiger partial charge on any atom is -0.429 e. The summed E-state index contributed by atoms with van der Waals surface area (Å²) in [6.45, 7) is 1.20. The topological polar surface area (TPSA) is 9.23 Å². The highest BCUT2D eigenvalue weighted by molar-refractivity contribution is 5.65. The summed E-state index contributed by atoms with van der Waals surface area (Å²) in [7, 11) is 0. The maximum atomic E-state index is 14.3. The lowest BCUT2D eigenvalue weighted by Crippen LogP contribution is -2.24. The van der Waals surface area contributed by atoms with Crippen molar-refractivity contribution in [2.75, 3.05) is 0 Å². The third kappa shape index (κ3) is 3.67. The molecule has 0 atom stereocenters. The lowest BCUT2D eigenvalue weighted by atomic mass is 10.0. The lowest BCUT2D eigenvalue weighted by Gasteiger charge is -2.19. The molecule has 0 fully saturated rings. The van der Waals surface area contributed by atoms with Gasteiger partial charge in [0.1, 0.15) is 17.1 Å². The maximum absolute atomic E-state index is 14.3. The Balaban J connectivity index is 1.92. The van der Waals surface area contributed by atoms with E-state index in [9.17, 15) is 30.7 Å². The molecule has 0 spiro atoms. The predicted molar refractivity (Wildman–Crippen MR) is 87.4 cm³/mol. The van der Waals surface area contributed by atoms with Crippen molar-refractivity contribution >= 4 is 0 Å². The maximum Gasteiger partial charge on any atom is 0.429 e. The summed E-state index contributed by atoms with van der Waals surface area (Å²) < 4.78 is 101. The Hall–Kier alpha value is -3.03. The molecule has 3 aromatic rings. The standard InChI is InChI=1S/C20H11F7O/c1-10-2-6-14(19(25)18(10)24)20(26,27)28-12-4-5-13(16(22)9-12)11-3-7-15(21)17(23)8-11/h2-9H,1H3. The van der Waals surface area contributed by atoms with Crippen LogP contribution in [0.25, 0.3) is 11.1 Å². The molecule has 1 nitrogen and oxygen atoms in total. The SMILES string of the molecule is Cc1ccc(C(F)(F)Oc2ccc(-c3ccc(F)c(F)c3)c(F)c2)c(F)c1F. The molecular formula is C20H11F7O. The second-order valence-electron chi connectivity index (χ2n) is 5.95. The Morgan fingerprint density at radius 1 is 0.714 bits per heavy atom. The van der Waals surface area contributed by atoms with Crippen molar-refractivity contribution in [1.82, 2.24) is 0 Å². The molecule has 0 bridgehead atoms. The van der Waals surface area contributed by atoms with Gasteiger partial charge in [0.25, 0.3) is 0 Å². The Labute approximate surface area is 155 Å². The first-order valence-corrected chi connectivity index (χ1v) is 7.87. The summed E-state index contributed by atoms with van der Waals surface area (Å²) in [5.41, 5.74) is -1.73. The number of ether oxygens (including phenoxy) is 1. The summed E-state index contributed by atoms with van der Waals surface area (Å²) in [6.07, 6.45) is -4.28. The van der Waals surface area contributed by atoms with E-state index >= 15 is 0 Å². The molecule has 0 unspecified atom stereocenters. The zero-order valence-electron chi connectivity index (χ0n) is 14.2. The van der Waals surface area contributed by atoms with E-state index in [4.69, 9.17) is 0 Å². The molecule has 28 heavy (non-hydrogen) atoms. The van der Waals surface area contributed by atoms with Gasteiger partial charge in [0.15, 0.2) is 23.3 Å². The lowest BCUT2D eigenvalue weighted by molar-refractivity contribution is -0.187. The number of hydrogen-bond donors (Lipinski definition) is 0. The van der Waals surface area contributed by atoms with E-state index in [0.29, 0.717) is 12.1 Å². The van der Waals surface area contributed by atoms with Gasteiger partial charge in [-0.05, 0) is 48.4 Å². The van der Waals surface area contributed by atoms with E-state index in [0.717, 1.165) is 36.4 Å². The Bertz CT molecular complexity index is 1050. The van der Waals surface area contributed by atoms with Crippen LogP contribution in [-0.4, -0.2) is 0 Å². The fourth-order valence-corrected chi connectivity index (χ4v) is 2.53. The van der Waals surface area contributed by atoms with Crippen LogP contribution in [-0.2, 0) is 6.11 Å². The zero-order chi connectivity index (χ0) is 20.6. The van der Waals surface area contributed by atoms with E-state index in [1.54, 1.807) is 0 Å². The Morgan fingerprint density at radius 3 is 2.07 bits per heavy atom. The number of aryl methyl sites for hydroxylation is 1. The van der Waals surface area contributed by atoms with Crippen LogP contribution in [0.15, 0.2) is 48.5 Å². The van der Waals surface area contributed by atoms with Crippen molar-refractivity contribution < 1.29 is 35.5 Å². The second-order valence-corrected chi connectivity index (χ2v) is 5.95. The molecule has 3 aromatic carbocycles. The molecule has 0 amide bonds. The fraction of sp³-hybridized carbons (Fsp3) is 0.100. The van der Waals surface area contributed by atoms with Crippen LogP contribution in [0.5, 0.6) is 5.75 Å². The molecule has 0 aliphatic carbocycles. The summed E-state index contributed by atoms with van der Waals surface area (Å²) in [5.74, 6) is -7.29. The van der Waals surface area contributed by atoms with Crippen LogP contribution in [0, 0.1) is 36.0 Å². The van der Waals surface area contributed by atoms with Gasteiger partial charge in [0.2, 0.25) is 0 Å². The number of alkyl halides is 2. The molecular weight excluding hydrogens is 389 g/mol. The van der Waals surface area contributed by atoms with Crippen LogP contribution in [0.3, 0.4) is 0 Å². The molecule has 0 aliphatic rings. The summed E-state index contributed by atoms with van der Waals surface area (Å²) in [6, 6.07) is 6.79. The van der Waals surface area contributed by atoms with Crippen molar-refractivity contribution in [3.05, 3.63) is 88.7 Å². The van der Waals surface area contributed by atoms with Gasteiger partial charge in [-0.15, -0.1) is 0 Å². The van der Waals surface area contributed by atoms with E-state index in [2.05, 4.69) is 4.74 Å². The van der Waals surface area contributed by atoms with Gasteiger partial charge in [-0.2, -0.15) is 8.78 Å². The van der Waals surface area contributed by atoms with Gasteiger partial charge in [-0.25, -0.2) is 22.0 Å². The molecule has 3 rings (SSSR count). The fourth-order valence-electron chi connectivity index (χ4n) is 2.53. The number of halogens is 7. The largest absolute Gasteiger partial charge is 0.429 e. The van der Waals surface area contributed by atoms with Gasteiger partial charge in [-0.3, -0.25) is 0 Å². The van der Waals surface area contributed by atoms with Crippen LogP contribution in [0.4, 0.5) is 30.7 Å². The van der Waals surface area contributed by atoms with Crippen LogP contribution in [0.2, 0.25) is 0 Å². The monoisotopic (exact) mass is 400 g/mol. The van der Waals surface area contributed by atoms with Gasteiger partial charge >= 0.3 is 6.11 Å². The first kappa shape index (κ1) is 19.7. The molecule has 0 saturated heterocycles. The van der Waals surface area contributed by atoms with Crippen molar-refractivity contribution in [3.63, 3.8) is 0 Å². The highest BCUT2D eigenvalue weighted by Gasteiger charge is 2.39. The molecule has 146 valence electrons. The summed E-state index contributed by atoms with van der Waals surface area (Å²) in [4.78, 5) is 0. The average molecular weight is 400 g/mol. The predicted octanol–water partition coefficient (Wildman–Crippen LogP) is 6.49.